The second-order valence-electron chi connectivity index (χ2n) is 7.14. The van der Waals surface area contributed by atoms with Crippen molar-refractivity contribution < 1.29 is 19.1 Å². The molecule has 0 aromatic heterocycles. The molecule has 0 heterocycles. The van der Waals surface area contributed by atoms with E-state index in [2.05, 4.69) is 0 Å². The van der Waals surface area contributed by atoms with Crippen molar-refractivity contribution in [2.75, 3.05) is 0 Å². The first-order valence-corrected chi connectivity index (χ1v) is 9.83. The monoisotopic (exact) mass is 336 g/mol. The summed E-state index contributed by atoms with van der Waals surface area (Å²) < 4.78 is 10.9. The number of hydrogen-bond donors (Lipinski definition) is 0. The minimum atomic E-state index is -0.421. The molecule has 0 aromatic carbocycles. The Morgan fingerprint density at radius 3 is 1.17 bits per heavy atom. The van der Waals surface area contributed by atoms with E-state index in [0.717, 1.165) is 51.4 Å². The largest absolute Gasteiger partial charge is 0.459 e. The fraction of sp³-hybridized carbons (Fsp3) is 0.800. The summed E-state index contributed by atoms with van der Waals surface area (Å²) in [5.74, 6) is -0.842. The summed E-state index contributed by atoms with van der Waals surface area (Å²) in [6.45, 7) is 0. The highest BCUT2D eigenvalue weighted by Crippen LogP contribution is 2.20. The van der Waals surface area contributed by atoms with Crippen molar-refractivity contribution in [3.63, 3.8) is 0 Å². The second kappa shape index (κ2) is 11.3. The Bertz CT molecular complexity index is 362. The molecule has 0 atom stereocenters. The summed E-state index contributed by atoms with van der Waals surface area (Å²) in [5.41, 5.74) is 0. The SMILES string of the molecule is O=C(C=CC(=O)OC1CCCCCCC1)OC1CCCCCCC1. The highest BCUT2D eigenvalue weighted by Gasteiger charge is 2.16. The Hall–Kier alpha value is -1.32. The number of hydrogen-bond acceptors (Lipinski definition) is 4. The molecule has 0 unspecified atom stereocenters. The van der Waals surface area contributed by atoms with Crippen LogP contribution in [0.25, 0.3) is 0 Å². The van der Waals surface area contributed by atoms with Crippen LogP contribution in [0, 0.1) is 0 Å². The van der Waals surface area contributed by atoms with Crippen LogP contribution in [0.15, 0.2) is 12.2 Å². The van der Waals surface area contributed by atoms with Gasteiger partial charge in [0.15, 0.2) is 0 Å². The average molecular weight is 336 g/mol. The summed E-state index contributed by atoms with van der Waals surface area (Å²) in [7, 11) is 0. The van der Waals surface area contributed by atoms with Gasteiger partial charge in [0, 0.05) is 12.2 Å². The summed E-state index contributed by atoms with van der Waals surface area (Å²) in [6.07, 6.45) is 18.1. The molecule has 0 radical (unpaired) electrons. The summed E-state index contributed by atoms with van der Waals surface area (Å²) >= 11 is 0. The van der Waals surface area contributed by atoms with E-state index in [1.807, 2.05) is 0 Å². The molecule has 0 aromatic rings. The molecule has 0 amide bonds. The van der Waals surface area contributed by atoms with Gasteiger partial charge in [0.05, 0.1) is 0 Å². The van der Waals surface area contributed by atoms with Crippen LogP contribution in [-0.2, 0) is 19.1 Å². The molecular weight excluding hydrogens is 304 g/mol. The van der Waals surface area contributed by atoms with Crippen LogP contribution in [0.2, 0.25) is 0 Å². The summed E-state index contributed by atoms with van der Waals surface area (Å²) in [5, 5.41) is 0. The Morgan fingerprint density at radius 1 is 0.542 bits per heavy atom. The Balaban J connectivity index is 1.70. The van der Waals surface area contributed by atoms with Crippen molar-refractivity contribution in [3.8, 4) is 0 Å². The highest BCUT2D eigenvalue weighted by molar-refractivity contribution is 5.91. The predicted octanol–water partition coefficient (Wildman–Crippen LogP) is 4.85. The van der Waals surface area contributed by atoms with E-state index in [0.29, 0.717) is 0 Å². The maximum Gasteiger partial charge on any atom is 0.331 e. The van der Waals surface area contributed by atoms with Crippen molar-refractivity contribution in [3.05, 3.63) is 12.2 Å². The first-order valence-electron chi connectivity index (χ1n) is 9.83. The van der Waals surface area contributed by atoms with Gasteiger partial charge < -0.3 is 9.47 Å². The second-order valence-corrected chi connectivity index (χ2v) is 7.14. The van der Waals surface area contributed by atoms with E-state index in [1.165, 1.54) is 50.7 Å². The molecule has 0 saturated heterocycles. The third kappa shape index (κ3) is 7.98. The van der Waals surface area contributed by atoms with Gasteiger partial charge >= 0.3 is 11.9 Å². The molecule has 2 fully saturated rings. The lowest BCUT2D eigenvalue weighted by molar-refractivity contribution is -0.146. The summed E-state index contributed by atoms with van der Waals surface area (Å²) in [6, 6.07) is 0. The van der Waals surface area contributed by atoms with E-state index in [9.17, 15) is 9.59 Å². The maximum absolute atomic E-state index is 11.9. The maximum atomic E-state index is 11.9. The van der Waals surface area contributed by atoms with Gasteiger partial charge in [-0.1, -0.05) is 38.5 Å². The van der Waals surface area contributed by atoms with Crippen molar-refractivity contribution in [1.29, 1.82) is 0 Å². The third-order valence-electron chi connectivity index (χ3n) is 5.03. The molecule has 0 spiro atoms. The minimum Gasteiger partial charge on any atom is -0.459 e. The van der Waals surface area contributed by atoms with Gasteiger partial charge in [-0.05, 0) is 51.4 Å². The van der Waals surface area contributed by atoms with Crippen molar-refractivity contribution in [2.45, 2.75) is 102 Å². The molecule has 2 rings (SSSR count). The lowest BCUT2D eigenvalue weighted by Crippen LogP contribution is -2.19. The first kappa shape index (κ1) is 19.0. The van der Waals surface area contributed by atoms with E-state index in [1.54, 1.807) is 0 Å². The molecule has 24 heavy (non-hydrogen) atoms. The molecule has 0 N–H and O–H groups in total. The fourth-order valence-corrected chi connectivity index (χ4v) is 3.62. The van der Waals surface area contributed by atoms with Gasteiger partial charge in [0.2, 0.25) is 0 Å². The smallest absolute Gasteiger partial charge is 0.331 e. The number of carbonyl (C=O) groups excluding carboxylic acids is 2. The van der Waals surface area contributed by atoms with Crippen LogP contribution in [0.5, 0.6) is 0 Å². The molecule has 4 nitrogen and oxygen atoms in total. The first-order chi connectivity index (χ1) is 11.7. The molecule has 136 valence electrons. The third-order valence-corrected chi connectivity index (χ3v) is 5.03. The van der Waals surface area contributed by atoms with Gasteiger partial charge in [-0.2, -0.15) is 0 Å². The zero-order valence-electron chi connectivity index (χ0n) is 14.8. The Kier molecular flexibility index (Phi) is 8.93. The van der Waals surface area contributed by atoms with Crippen LogP contribution in [0.3, 0.4) is 0 Å². The van der Waals surface area contributed by atoms with E-state index in [-0.39, 0.29) is 12.2 Å². The highest BCUT2D eigenvalue weighted by atomic mass is 16.5. The molecule has 2 aliphatic carbocycles. The van der Waals surface area contributed by atoms with E-state index < -0.39 is 11.9 Å². The van der Waals surface area contributed by atoms with Crippen LogP contribution in [-0.4, -0.2) is 24.1 Å². The molecule has 0 bridgehead atoms. The number of esters is 2. The van der Waals surface area contributed by atoms with E-state index in [4.69, 9.17) is 9.47 Å². The molecular formula is C20H32O4. The lowest BCUT2D eigenvalue weighted by atomic mass is 9.98. The Labute approximate surface area is 146 Å². The van der Waals surface area contributed by atoms with Crippen LogP contribution in [0.4, 0.5) is 0 Å². The van der Waals surface area contributed by atoms with Crippen LogP contribution in [0.1, 0.15) is 89.9 Å². The van der Waals surface area contributed by atoms with Gasteiger partial charge in [-0.3, -0.25) is 0 Å². The molecule has 2 aliphatic rings. The lowest BCUT2D eigenvalue weighted by Gasteiger charge is -2.20. The zero-order chi connectivity index (χ0) is 17.0. The van der Waals surface area contributed by atoms with Gasteiger partial charge in [-0.15, -0.1) is 0 Å². The van der Waals surface area contributed by atoms with Crippen molar-refractivity contribution in [2.24, 2.45) is 0 Å². The van der Waals surface area contributed by atoms with E-state index >= 15 is 0 Å². The molecule has 2 saturated carbocycles. The summed E-state index contributed by atoms with van der Waals surface area (Å²) in [4.78, 5) is 23.8. The minimum absolute atomic E-state index is 0.00378. The quantitative estimate of drug-likeness (QED) is 0.544. The number of ether oxygens (including phenoxy) is 2. The van der Waals surface area contributed by atoms with Crippen LogP contribution >= 0.6 is 0 Å². The van der Waals surface area contributed by atoms with Gasteiger partial charge in [0.1, 0.15) is 12.2 Å². The fourth-order valence-electron chi connectivity index (χ4n) is 3.62. The molecule has 4 heteroatoms. The van der Waals surface area contributed by atoms with Crippen LogP contribution < -0.4 is 0 Å². The normalized spacial score (nSPS) is 22.2. The van der Waals surface area contributed by atoms with Crippen molar-refractivity contribution in [1.82, 2.24) is 0 Å². The zero-order valence-corrected chi connectivity index (χ0v) is 14.8. The number of rotatable bonds is 4. The van der Waals surface area contributed by atoms with Gasteiger partial charge in [-0.25, -0.2) is 9.59 Å². The standard InChI is InChI=1S/C20H32O4/c21-19(23-17-11-7-3-1-4-8-12-17)15-16-20(22)24-18-13-9-5-2-6-10-14-18/h15-18H,1-14H2. The Morgan fingerprint density at radius 2 is 0.833 bits per heavy atom. The van der Waals surface area contributed by atoms with Crippen molar-refractivity contribution >= 4 is 11.9 Å². The topological polar surface area (TPSA) is 52.6 Å². The van der Waals surface area contributed by atoms with Gasteiger partial charge in [0.25, 0.3) is 0 Å². The average Bonchev–Trinajstić information content (AvgIpc) is 2.50. The molecule has 0 aliphatic heterocycles. The number of carbonyl (C=O) groups is 2. The predicted molar refractivity (Wildman–Crippen MR) is 93.5 cm³/mol.